The minimum Gasteiger partial charge on any atom is -0.383 e. The fourth-order valence-electron chi connectivity index (χ4n) is 1.54. The number of pyridine rings is 1. The molecule has 0 aliphatic heterocycles. The molecule has 1 amide bonds. The fourth-order valence-corrected chi connectivity index (χ4v) is 1.54. The van der Waals surface area contributed by atoms with Crippen LogP contribution in [0.25, 0.3) is 0 Å². The van der Waals surface area contributed by atoms with Crippen molar-refractivity contribution in [1.82, 2.24) is 25.1 Å². The van der Waals surface area contributed by atoms with Crippen LogP contribution >= 0.6 is 0 Å². The summed E-state index contributed by atoms with van der Waals surface area (Å²) in [4.78, 5) is 31.1. The molecule has 104 valence electrons. The number of nitrogens with one attached hydrogen (secondary N) is 1. The lowest BCUT2D eigenvalue weighted by Gasteiger charge is -2.16. The van der Waals surface area contributed by atoms with Crippen molar-refractivity contribution in [1.29, 1.82) is 0 Å². The number of aromatic nitrogens is 4. The third kappa shape index (κ3) is 2.68. The van der Waals surface area contributed by atoms with E-state index in [-0.39, 0.29) is 23.6 Å². The molecule has 0 aliphatic carbocycles. The Bertz CT molecular complexity index is 640. The minimum absolute atomic E-state index is 0.0267. The highest BCUT2D eigenvalue weighted by atomic mass is 16.6. The molecule has 0 atom stereocenters. The predicted molar refractivity (Wildman–Crippen MR) is 67.5 cm³/mol. The van der Waals surface area contributed by atoms with Crippen LogP contribution in [0.3, 0.4) is 0 Å². The van der Waals surface area contributed by atoms with Crippen molar-refractivity contribution < 1.29 is 9.72 Å². The molecule has 0 unspecified atom stereocenters. The van der Waals surface area contributed by atoms with Crippen LogP contribution in [0.4, 0.5) is 11.5 Å². The summed E-state index contributed by atoms with van der Waals surface area (Å²) >= 11 is 0. The number of carbonyl (C=O) groups is 1. The Morgan fingerprint density at radius 3 is 2.90 bits per heavy atom. The lowest BCUT2D eigenvalue weighted by atomic mass is 10.2. The van der Waals surface area contributed by atoms with E-state index in [2.05, 4.69) is 20.2 Å². The Balaban J connectivity index is 2.23. The molecule has 0 aliphatic rings. The van der Waals surface area contributed by atoms with Gasteiger partial charge < -0.3 is 10.6 Å². The zero-order valence-corrected chi connectivity index (χ0v) is 10.5. The number of H-pyrrole nitrogens is 1. The first-order chi connectivity index (χ1) is 9.49. The van der Waals surface area contributed by atoms with E-state index in [1.54, 1.807) is 0 Å². The van der Waals surface area contributed by atoms with Crippen LogP contribution in [0.2, 0.25) is 0 Å². The van der Waals surface area contributed by atoms with Gasteiger partial charge in [-0.05, 0) is 0 Å². The summed E-state index contributed by atoms with van der Waals surface area (Å²) in [5.74, 6) is -0.0714. The van der Waals surface area contributed by atoms with E-state index >= 15 is 0 Å². The molecule has 2 rings (SSSR count). The van der Waals surface area contributed by atoms with E-state index in [0.717, 1.165) is 12.3 Å². The number of hydrogen-bond donors (Lipinski definition) is 2. The van der Waals surface area contributed by atoms with Gasteiger partial charge >= 0.3 is 0 Å². The summed E-state index contributed by atoms with van der Waals surface area (Å²) in [5, 5.41) is 17.0. The maximum Gasteiger partial charge on any atom is 0.288 e. The van der Waals surface area contributed by atoms with Crippen LogP contribution < -0.4 is 5.73 Å². The summed E-state index contributed by atoms with van der Waals surface area (Å²) in [7, 11) is 1.52. The highest BCUT2D eigenvalue weighted by Gasteiger charge is 2.20. The largest absolute Gasteiger partial charge is 0.383 e. The van der Waals surface area contributed by atoms with E-state index in [1.165, 1.54) is 18.3 Å². The van der Waals surface area contributed by atoms with Crippen molar-refractivity contribution >= 4 is 17.4 Å². The Morgan fingerprint density at radius 1 is 1.55 bits per heavy atom. The molecular formula is C10H11N7O3. The van der Waals surface area contributed by atoms with E-state index < -0.39 is 10.8 Å². The highest BCUT2D eigenvalue weighted by Crippen LogP contribution is 2.18. The number of nitro groups is 1. The molecule has 0 radical (unpaired) electrons. The molecule has 0 fully saturated rings. The normalized spacial score (nSPS) is 10.2. The fraction of sp³-hybridized carbons (Fsp3) is 0.200. The predicted octanol–water partition coefficient (Wildman–Crippen LogP) is -0.0377. The van der Waals surface area contributed by atoms with Crippen molar-refractivity contribution in [2.24, 2.45) is 0 Å². The first kappa shape index (κ1) is 13.4. The summed E-state index contributed by atoms with van der Waals surface area (Å²) in [6, 6.07) is 1.10. The van der Waals surface area contributed by atoms with Crippen LogP contribution in [0.5, 0.6) is 0 Å². The summed E-state index contributed by atoms with van der Waals surface area (Å²) in [6.45, 7) is 0.168. The molecule has 10 heteroatoms. The van der Waals surface area contributed by atoms with E-state index in [1.807, 2.05) is 0 Å². The average molecular weight is 277 g/mol. The van der Waals surface area contributed by atoms with Crippen molar-refractivity contribution in [3.63, 3.8) is 0 Å². The highest BCUT2D eigenvalue weighted by molar-refractivity contribution is 5.98. The van der Waals surface area contributed by atoms with Crippen molar-refractivity contribution in [2.45, 2.75) is 6.54 Å². The van der Waals surface area contributed by atoms with Gasteiger partial charge in [0.15, 0.2) is 0 Å². The first-order valence-corrected chi connectivity index (χ1v) is 5.48. The van der Waals surface area contributed by atoms with Gasteiger partial charge in [-0.25, -0.2) is 9.97 Å². The van der Waals surface area contributed by atoms with Crippen molar-refractivity contribution in [2.75, 3.05) is 12.8 Å². The second-order valence-electron chi connectivity index (χ2n) is 3.98. The maximum absolute atomic E-state index is 12.2. The molecule has 0 saturated heterocycles. The van der Waals surface area contributed by atoms with Gasteiger partial charge in [0.25, 0.3) is 11.6 Å². The van der Waals surface area contributed by atoms with E-state index in [0.29, 0.717) is 5.82 Å². The molecular weight excluding hydrogens is 266 g/mol. The Hall–Kier alpha value is -3.04. The summed E-state index contributed by atoms with van der Waals surface area (Å²) in [6.07, 6.45) is 2.32. The lowest BCUT2D eigenvalue weighted by molar-refractivity contribution is -0.385. The van der Waals surface area contributed by atoms with Gasteiger partial charge in [-0.2, -0.15) is 5.10 Å². The second kappa shape index (κ2) is 5.30. The van der Waals surface area contributed by atoms with Gasteiger partial charge in [-0.3, -0.25) is 20.0 Å². The molecule has 0 spiro atoms. The van der Waals surface area contributed by atoms with Gasteiger partial charge in [-0.1, -0.05) is 0 Å². The lowest BCUT2D eigenvalue weighted by Crippen LogP contribution is -2.27. The number of nitrogens with zero attached hydrogens (tertiary/aromatic N) is 5. The molecule has 10 nitrogen and oxygen atoms in total. The summed E-state index contributed by atoms with van der Waals surface area (Å²) in [5.41, 5.74) is 5.26. The molecule has 20 heavy (non-hydrogen) atoms. The third-order valence-corrected chi connectivity index (χ3v) is 2.54. The molecule has 2 aromatic heterocycles. The number of anilines is 1. The number of rotatable bonds is 4. The van der Waals surface area contributed by atoms with E-state index in [9.17, 15) is 14.9 Å². The standard InChI is InChI=1S/C10H11N7O3/c1-16(4-8-13-5-14-15-8)10(18)7-2-6(17(19)20)3-12-9(7)11/h2-3,5H,4H2,1H3,(H2,11,12)(H,13,14,15). The Kier molecular flexibility index (Phi) is 3.55. The number of amides is 1. The van der Waals surface area contributed by atoms with Crippen LogP contribution in [0.15, 0.2) is 18.6 Å². The quantitative estimate of drug-likeness (QED) is 0.589. The number of nitrogens with two attached hydrogens (primary N) is 1. The average Bonchev–Trinajstić information content (AvgIpc) is 2.91. The Morgan fingerprint density at radius 2 is 2.30 bits per heavy atom. The SMILES string of the molecule is CN(Cc1ncn[nH]1)C(=O)c1cc([N+](=O)[O-])cnc1N. The van der Waals surface area contributed by atoms with Gasteiger partial charge in [0.05, 0.1) is 17.0 Å². The number of carbonyl (C=O) groups excluding carboxylic acids is 1. The number of nitrogen functional groups attached to an aromatic ring is 1. The second-order valence-corrected chi connectivity index (χ2v) is 3.98. The monoisotopic (exact) mass is 277 g/mol. The Labute approximate surface area is 112 Å². The van der Waals surface area contributed by atoms with Crippen LogP contribution in [-0.2, 0) is 6.54 Å². The molecule has 0 saturated carbocycles. The van der Waals surface area contributed by atoms with Gasteiger partial charge in [-0.15, -0.1) is 0 Å². The van der Waals surface area contributed by atoms with Gasteiger partial charge in [0, 0.05) is 13.1 Å². The van der Waals surface area contributed by atoms with E-state index in [4.69, 9.17) is 5.73 Å². The third-order valence-electron chi connectivity index (χ3n) is 2.54. The summed E-state index contributed by atoms with van der Waals surface area (Å²) < 4.78 is 0. The topological polar surface area (TPSA) is 144 Å². The smallest absolute Gasteiger partial charge is 0.288 e. The minimum atomic E-state index is -0.639. The number of hydrogen-bond acceptors (Lipinski definition) is 7. The van der Waals surface area contributed by atoms with Crippen LogP contribution in [0, 0.1) is 10.1 Å². The molecule has 3 N–H and O–H groups in total. The van der Waals surface area contributed by atoms with Crippen molar-refractivity contribution in [3.8, 4) is 0 Å². The first-order valence-electron chi connectivity index (χ1n) is 5.48. The van der Waals surface area contributed by atoms with Gasteiger partial charge in [0.1, 0.15) is 24.2 Å². The molecule has 2 heterocycles. The zero-order chi connectivity index (χ0) is 14.7. The maximum atomic E-state index is 12.2. The van der Waals surface area contributed by atoms with Crippen LogP contribution in [0.1, 0.15) is 16.2 Å². The molecule has 0 bridgehead atoms. The molecule has 0 aromatic carbocycles. The number of aromatic amines is 1. The van der Waals surface area contributed by atoms with Crippen molar-refractivity contribution in [3.05, 3.63) is 40.1 Å². The van der Waals surface area contributed by atoms with Gasteiger partial charge in [0.2, 0.25) is 0 Å². The zero-order valence-electron chi connectivity index (χ0n) is 10.5. The van der Waals surface area contributed by atoms with Crippen LogP contribution in [-0.4, -0.2) is 42.9 Å². The molecule has 2 aromatic rings.